The summed E-state index contributed by atoms with van der Waals surface area (Å²) < 4.78 is 1.12. The van der Waals surface area contributed by atoms with Gasteiger partial charge in [0, 0.05) is 6.04 Å². The van der Waals surface area contributed by atoms with Crippen molar-refractivity contribution in [1.29, 1.82) is 0 Å². The Morgan fingerprint density at radius 3 is 2.66 bits per heavy atom. The first kappa shape index (κ1) is 17.6. The first-order valence-corrected chi connectivity index (χ1v) is 11.7. The van der Waals surface area contributed by atoms with Crippen molar-refractivity contribution >= 4 is 39.5 Å². The molecule has 4 fully saturated rings. The molecule has 7 rings (SSSR count). The fraction of sp³-hybridized carbons (Fsp3) is 0.522. The van der Waals surface area contributed by atoms with Crippen LogP contribution in [-0.2, 0) is 4.79 Å². The Balaban J connectivity index is 1.22. The minimum atomic E-state index is -0.130. The number of fused-ring (bicyclic) bond motifs is 1. The zero-order valence-electron chi connectivity index (χ0n) is 16.6. The first-order valence-electron chi connectivity index (χ1n) is 10.8. The molecule has 5 aliphatic rings. The predicted octanol–water partition coefficient (Wildman–Crippen LogP) is 4.32. The number of nitrogens with zero attached hydrogens (tertiary/aromatic N) is 2. The van der Waals surface area contributed by atoms with Gasteiger partial charge in [-0.05, 0) is 92.4 Å². The van der Waals surface area contributed by atoms with Crippen LogP contribution >= 0.6 is 11.3 Å². The molecule has 2 N–H and O–H groups in total. The second-order valence-corrected chi connectivity index (χ2v) is 10.6. The number of rotatable bonds is 3. The van der Waals surface area contributed by atoms with Crippen LogP contribution in [0, 0.1) is 23.2 Å². The number of hydrogen-bond acceptors (Lipinski definition) is 5. The molecule has 6 heteroatoms. The minimum Gasteiger partial charge on any atom is -0.353 e. The van der Waals surface area contributed by atoms with Crippen LogP contribution in [0.2, 0.25) is 0 Å². The van der Waals surface area contributed by atoms with Crippen LogP contribution in [0.1, 0.15) is 51.0 Å². The van der Waals surface area contributed by atoms with Gasteiger partial charge in [0.2, 0.25) is 5.96 Å². The highest BCUT2D eigenvalue weighted by Gasteiger charge is 2.53. The second-order valence-electron chi connectivity index (χ2n) is 9.67. The van der Waals surface area contributed by atoms with Gasteiger partial charge in [0.05, 0.1) is 15.7 Å². The molecule has 1 aromatic heterocycles. The highest BCUT2D eigenvalue weighted by atomic mass is 32.1. The molecule has 0 spiro atoms. The van der Waals surface area contributed by atoms with Crippen molar-refractivity contribution in [3.05, 3.63) is 35.0 Å². The van der Waals surface area contributed by atoms with Gasteiger partial charge >= 0.3 is 0 Å². The summed E-state index contributed by atoms with van der Waals surface area (Å²) in [6.45, 7) is 2.29. The van der Waals surface area contributed by atoms with E-state index in [0.29, 0.717) is 23.1 Å². The number of guanidine groups is 1. The number of carbonyl (C=O) groups excluding carboxylic acids is 1. The van der Waals surface area contributed by atoms with Crippen molar-refractivity contribution in [3.8, 4) is 0 Å². The number of carbonyl (C=O) groups is 1. The third-order valence-electron chi connectivity index (χ3n) is 7.71. The molecule has 1 unspecified atom stereocenters. The standard InChI is InChI=1S/C23H26N4OS/c1-13(23-9-15-4-16(10-23)6-17(5-15)11-23)25-22-26-19(21(28)27-22)7-14-2-3-18-20(8-14)29-12-24-18/h2-3,7-8,12-13,15-17H,4-6,9-11H2,1H3,(H2,25,26,27,28)/b19-7-. The van der Waals surface area contributed by atoms with Gasteiger partial charge in [-0.15, -0.1) is 11.3 Å². The molecule has 29 heavy (non-hydrogen) atoms. The monoisotopic (exact) mass is 406 g/mol. The molecular formula is C23H26N4OS. The molecule has 1 aromatic carbocycles. The summed E-state index contributed by atoms with van der Waals surface area (Å²) in [4.78, 5) is 21.4. The summed E-state index contributed by atoms with van der Waals surface area (Å²) in [6.07, 6.45) is 10.2. The Morgan fingerprint density at radius 2 is 1.93 bits per heavy atom. The number of thiazole rings is 1. The lowest BCUT2D eigenvalue weighted by Crippen LogP contribution is -2.57. The molecule has 5 nitrogen and oxygen atoms in total. The van der Waals surface area contributed by atoms with E-state index in [-0.39, 0.29) is 5.91 Å². The van der Waals surface area contributed by atoms with Crippen molar-refractivity contribution in [2.45, 2.75) is 51.5 Å². The number of hydrogen-bond donors (Lipinski definition) is 2. The smallest absolute Gasteiger partial charge is 0.276 e. The lowest BCUT2D eigenvalue weighted by molar-refractivity contribution is -0.115. The normalized spacial score (nSPS) is 35.2. The molecule has 1 amide bonds. The predicted molar refractivity (Wildman–Crippen MR) is 116 cm³/mol. The van der Waals surface area contributed by atoms with E-state index < -0.39 is 0 Å². The van der Waals surface area contributed by atoms with Crippen molar-refractivity contribution in [2.24, 2.45) is 28.2 Å². The maximum absolute atomic E-state index is 12.5. The maximum atomic E-state index is 12.5. The molecule has 2 heterocycles. The molecule has 1 aliphatic heterocycles. The van der Waals surface area contributed by atoms with Crippen molar-refractivity contribution in [3.63, 3.8) is 0 Å². The number of nitrogens with one attached hydrogen (secondary N) is 2. The van der Waals surface area contributed by atoms with Gasteiger partial charge < -0.3 is 5.32 Å². The Bertz CT molecular complexity index is 1020. The lowest BCUT2D eigenvalue weighted by atomic mass is 9.48. The summed E-state index contributed by atoms with van der Waals surface area (Å²) in [5.74, 6) is 3.24. The van der Waals surface area contributed by atoms with Crippen molar-refractivity contribution < 1.29 is 4.79 Å². The minimum absolute atomic E-state index is 0.130. The van der Waals surface area contributed by atoms with E-state index in [4.69, 9.17) is 0 Å². The second kappa shape index (κ2) is 6.39. The summed E-state index contributed by atoms with van der Waals surface area (Å²) in [6, 6.07) is 6.37. The van der Waals surface area contributed by atoms with E-state index in [0.717, 1.165) is 33.5 Å². The fourth-order valence-electron chi connectivity index (χ4n) is 6.72. The summed E-state index contributed by atoms with van der Waals surface area (Å²) in [5.41, 5.74) is 4.66. The zero-order valence-corrected chi connectivity index (χ0v) is 17.5. The summed E-state index contributed by atoms with van der Waals surface area (Å²) in [5, 5.41) is 6.52. The third-order valence-corrected chi connectivity index (χ3v) is 8.50. The SMILES string of the molecule is CC(NC1=N/C(=C\c2ccc3ncsc3c2)C(=O)N1)C12CC3CC(CC(C3)C1)C2. The number of amides is 1. The molecule has 2 aromatic rings. The molecule has 4 bridgehead atoms. The van der Waals surface area contributed by atoms with Gasteiger partial charge in [-0.3, -0.25) is 10.1 Å². The fourth-order valence-corrected chi connectivity index (χ4v) is 7.45. The van der Waals surface area contributed by atoms with E-state index >= 15 is 0 Å². The van der Waals surface area contributed by atoms with Crippen LogP contribution in [0.5, 0.6) is 0 Å². The topological polar surface area (TPSA) is 66.4 Å². The van der Waals surface area contributed by atoms with Crippen LogP contribution in [0.25, 0.3) is 16.3 Å². The summed E-state index contributed by atoms with van der Waals surface area (Å²) >= 11 is 1.61. The number of benzene rings is 1. The summed E-state index contributed by atoms with van der Waals surface area (Å²) in [7, 11) is 0. The van der Waals surface area contributed by atoms with Crippen LogP contribution in [0.4, 0.5) is 0 Å². The van der Waals surface area contributed by atoms with Crippen molar-refractivity contribution in [1.82, 2.24) is 15.6 Å². The molecule has 0 radical (unpaired) electrons. The Hall–Kier alpha value is -2.21. The third kappa shape index (κ3) is 3.00. The van der Waals surface area contributed by atoms with E-state index in [9.17, 15) is 4.79 Å². The van der Waals surface area contributed by atoms with Gasteiger partial charge in [0.15, 0.2) is 0 Å². The number of aromatic nitrogens is 1. The first-order chi connectivity index (χ1) is 14.1. The van der Waals surface area contributed by atoms with Gasteiger partial charge in [0.1, 0.15) is 5.70 Å². The van der Waals surface area contributed by atoms with Gasteiger partial charge in [-0.25, -0.2) is 9.98 Å². The van der Waals surface area contributed by atoms with Gasteiger partial charge in [-0.2, -0.15) is 0 Å². The molecule has 1 atom stereocenters. The van der Waals surface area contributed by atoms with Crippen molar-refractivity contribution in [2.75, 3.05) is 0 Å². The van der Waals surface area contributed by atoms with E-state index in [1.807, 2.05) is 23.7 Å². The molecule has 4 saturated carbocycles. The highest BCUT2D eigenvalue weighted by molar-refractivity contribution is 7.16. The van der Waals surface area contributed by atoms with Crippen LogP contribution < -0.4 is 10.6 Å². The van der Waals surface area contributed by atoms with E-state index in [2.05, 4.69) is 33.6 Å². The Labute approximate surface area is 174 Å². The van der Waals surface area contributed by atoms with Gasteiger partial charge in [0.25, 0.3) is 5.91 Å². The Kier molecular flexibility index (Phi) is 3.89. The van der Waals surface area contributed by atoms with Crippen LogP contribution in [-0.4, -0.2) is 22.9 Å². The molecular weight excluding hydrogens is 380 g/mol. The number of aliphatic imine (C=N–C) groups is 1. The average molecular weight is 407 g/mol. The van der Waals surface area contributed by atoms with E-state index in [1.54, 1.807) is 11.3 Å². The van der Waals surface area contributed by atoms with Crippen LogP contribution in [0.3, 0.4) is 0 Å². The van der Waals surface area contributed by atoms with Gasteiger partial charge in [-0.1, -0.05) is 6.07 Å². The maximum Gasteiger partial charge on any atom is 0.276 e. The Morgan fingerprint density at radius 1 is 1.21 bits per heavy atom. The lowest BCUT2D eigenvalue weighted by Gasteiger charge is -2.59. The average Bonchev–Trinajstić information content (AvgIpc) is 3.27. The molecule has 150 valence electrons. The highest BCUT2D eigenvalue weighted by Crippen LogP contribution is 2.61. The molecule has 0 saturated heterocycles. The quantitative estimate of drug-likeness (QED) is 0.746. The largest absolute Gasteiger partial charge is 0.353 e. The zero-order chi connectivity index (χ0) is 19.6. The van der Waals surface area contributed by atoms with E-state index in [1.165, 1.54) is 38.5 Å². The molecule has 4 aliphatic carbocycles. The van der Waals surface area contributed by atoms with Crippen LogP contribution in [0.15, 0.2) is 34.4 Å².